The molecule has 0 heterocycles. The molecule has 0 amide bonds. The summed E-state index contributed by atoms with van der Waals surface area (Å²) >= 11 is 0. The van der Waals surface area contributed by atoms with E-state index in [-0.39, 0.29) is 5.79 Å². The van der Waals surface area contributed by atoms with Crippen LogP contribution in [0.15, 0.2) is 0 Å². The van der Waals surface area contributed by atoms with Gasteiger partial charge in [-0.15, -0.1) is 0 Å². The molecule has 0 spiro atoms. The Bertz CT molecular complexity index is 108. The van der Waals surface area contributed by atoms with Gasteiger partial charge in [0.25, 0.3) is 0 Å². The fraction of sp³-hybridized carbons (Fsp3) is 1.00. The largest absolute Gasteiger partial charge is 0.353 e. The van der Waals surface area contributed by atoms with Crippen molar-refractivity contribution >= 4 is 0 Å². The Morgan fingerprint density at radius 3 is 2.10 bits per heavy atom. The first-order valence-corrected chi connectivity index (χ1v) is 3.83. The Morgan fingerprint density at radius 1 is 1.30 bits per heavy atom. The first-order valence-electron chi connectivity index (χ1n) is 3.83. The summed E-state index contributed by atoms with van der Waals surface area (Å²) in [4.78, 5) is 0. The molecule has 1 aliphatic rings. The van der Waals surface area contributed by atoms with Crippen LogP contribution in [0.4, 0.5) is 0 Å². The monoisotopic (exact) mass is 144 g/mol. The van der Waals surface area contributed by atoms with Crippen LogP contribution in [0.5, 0.6) is 0 Å². The third-order valence-corrected chi connectivity index (χ3v) is 2.42. The first kappa shape index (κ1) is 8.02. The van der Waals surface area contributed by atoms with Gasteiger partial charge in [-0.05, 0) is 12.3 Å². The molecular weight excluding hydrogens is 128 g/mol. The van der Waals surface area contributed by atoms with Crippen molar-refractivity contribution in [2.45, 2.75) is 32.0 Å². The zero-order valence-corrected chi connectivity index (χ0v) is 7.02. The van der Waals surface area contributed by atoms with Gasteiger partial charge in [0, 0.05) is 27.1 Å². The van der Waals surface area contributed by atoms with Crippen LogP contribution in [0.3, 0.4) is 0 Å². The standard InChI is InChI=1S/C8H16O2/c1-7-4-5-8(6-7,9-2)10-3/h7H,4-6H2,1-3H3/t7-/m1/s1. The second kappa shape index (κ2) is 2.89. The molecule has 2 nitrogen and oxygen atoms in total. The van der Waals surface area contributed by atoms with E-state index in [2.05, 4.69) is 6.92 Å². The van der Waals surface area contributed by atoms with Gasteiger partial charge in [0.05, 0.1) is 0 Å². The topological polar surface area (TPSA) is 18.5 Å². The van der Waals surface area contributed by atoms with E-state index < -0.39 is 0 Å². The maximum atomic E-state index is 5.30. The van der Waals surface area contributed by atoms with Gasteiger partial charge in [0.1, 0.15) is 0 Å². The van der Waals surface area contributed by atoms with Crippen molar-refractivity contribution in [3.8, 4) is 0 Å². The number of hydrogen-bond donors (Lipinski definition) is 0. The summed E-state index contributed by atoms with van der Waals surface area (Å²) in [5.41, 5.74) is 0. The summed E-state index contributed by atoms with van der Waals surface area (Å²) in [5, 5.41) is 0. The lowest BCUT2D eigenvalue weighted by molar-refractivity contribution is -0.202. The van der Waals surface area contributed by atoms with Gasteiger partial charge in [0.2, 0.25) is 0 Å². The minimum Gasteiger partial charge on any atom is -0.353 e. The predicted octanol–water partition coefficient (Wildman–Crippen LogP) is 1.80. The molecule has 1 rings (SSSR count). The van der Waals surface area contributed by atoms with Gasteiger partial charge < -0.3 is 9.47 Å². The highest BCUT2D eigenvalue weighted by atomic mass is 16.7. The second-order valence-electron chi connectivity index (χ2n) is 3.17. The second-order valence-corrected chi connectivity index (χ2v) is 3.17. The lowest BCUT2D eigenvalue weighted by Gasteiger charge is -2.25. The predicted molar refractivity (Wildman–Crippen MR) is 39.8 cm³/mol. The normalized spacial score (nSPS) is 30.9. The minimum absolute atomic E-state index is 0.251. The average Bonchev–Trinajstić information content (AvgIpc) is 2.33. The molecule has 2 heteroatoms. The molecule has 0 N–H and O–H groups in total. The molecule has 0 radical (unpaired) electrons. The Hall–Kier alpha value is -0.0800. The summed E-state index contributed by atoms with van der Waals surface area (Å²) < 4.78 is 10.6. The SMILES string of the molecule is COC1(OC)CC[C@@H](C)C1. The molecule has 0 aromatic carbocycles. The fourth-order valence-corrected chi connectivity index (χ4v) is 1.66. The van der Waals surface area contributed by atoms with Gasteiger partial charge in [-0.1, -0.05) is 6.92 Å². The van der Waals surface area contributed by atoms with Crippen molar-refractivity contribution < 1.29 is 9.47 Å². The van der Waals surface area contributed by atoms with Crippen molar-refractivity contribution in [1.29, 1.82) is 0 Å². The van der Waals surface area contributed by atoms with Crippen LogP contribution in [0.1, 0.15) is 26.2 Å². The molecule has 0 saturated heterocycles. The Morgan fingerprint density at radius 2 is 1.90 bits per heavy atom. The van der Waals surface area contributed by atoms with Gasteiger partial charge in [-0.3, -0.25) is 0 Å². The minimum atomic E-state index is -0.251. The molecular formula is C8H16O2. The molecule has 1 fully saturated rings. The Kier molecular flexibility index (Phi) is 2.32. The molecule has 0 aromatic heterocycles. The van der Waals surface area contributed by atoms with Crippen molar-refractivity contribution in [3.05, 3.63) is 0 Å². The van der Waals surface area contributed by atoms with Crippen LogP contribution >= 0.6 is 0 Å². The fourth-order valence-electron chi connectivity index (χ4n) is 1.66. The van der Waals surface area contributed by atoms with Crippen LogP contribution in [0.2, 0.25) is 0 Å². The highest BCUT2D eigenvalue weighted by Gasteiger charge is 2.37. The van der Waals surface area contributed by atoms with E-state index in [1.807, 2.05) is 0 Å². The summed E-state index contributed by atoms with van der Waals surface area (Å²) in [6, 6.07) is 0. The third kappa shape index (κ3) is 1.32. The molecule has 60 valence electrons. The van der Waals surface area contributed by atoms with E-state index in [1.54, 1.807) is 14.2 Å². The highest BCUT2D eigenvalue weighted by Crippen LogP contribution is 2.36. The third-order valence-electron chi connectivity index (χ3n) is 2.42. The summed E-state index contributed by atoms with van der Waals surface area (Å²) in [6.07, 6.45) is 3.31. The maximum absolute atomic E-state index is 5.30. The first-order chi connectivity index (χ1) is 4.72. The number of rotatable bonds is 2. The van der Waals surface area contributed by atoms with Crippen molar-refractivity contribution in [3.63, 3.8) is 0 Å². The van der Waals surface area contributed by atoms with E-state index in [4.69, 9.17) is 9.47 Å². The molecule has 0 unspecified atom stereocenters. The van der Waals surface area contributed by atoms with E-state index in [0.717, 1.165) is 18.8 Å². The van der Waals surface area contributed by atoms with Crippen LogP contribution < -0.4 is 0 Å². The van der Waals surface area contributed by atoms with Gasteiger partial charge in [-0.25, -0.2) is 0 Å². The molecule has 0 aliphatic heterocycles. The summed E-state index contributed by atoms with van der Waals surface area (Å²) in [7, 11) is 3.45. The molecule has 1 atom stereocenters. The molecule has 1 saturated carbocycles. The number of methoxy groups -OCH3 is 2. The van der Waals surface area contributed by atoms with E-state index in [1.165, 1.54) is 6.42 Å². The van der Waals surface area contributed by atoms with Crippen LogP contribution in [0, 0.1) is 5.92 Å². The van der Waals surface area contributed by atoms with Crippen molar-refractivity contribution in [1.82, 2.24) is 0 Å². The van der Waals surface area contributed by atoms with Gasteiger partial charge >= 0.3 is 0 Å². The van der Waals surface area contributed by atoms with E-state index in [0.29, 0.717) is 0 Å². The lowest BCUT2D eigenvalue weighted by atomic mass is 10.1. The van der Waals surface area contributed by atoms with Gasteiger partial charge in [0.15, 0.2) is 5.79 Å². The molecule has 10 heavy (non-hydrogen) atoms. The number of hydrogen-bond acceptors (Lipinski definition) is 2. The zero-order chi connectivity index (χ0) is 7.61. The lowest BCUT2D eigenvalue weighted by Crippen LogP contribution is -2.29. The smallest absolute Gasteiger partial charge is 0.167 e. The highest BCUT2D eigenvalue weighted by molar-refractivity contribution is 4.80. The summed E-state index contributed by atoms with van der Waals surface area (Å²) in [6.45, 7) is 2.24. The zero-order valence-electron chi connectivity index (χ0n) is 7.02. The van der Waals surface area contributed by atoms with Crippen LogP contribution in [0.25, 0.3) is 0 Å². The van der Waals surface area contributed by atoms with E-state index >= 15 is 0 Å². The summed E-state index contributed by atoms with van der Waals surface area (Å²) in [5.74, 6) is 0.499. The Labute approximate surface area is 62.5 Å². The average molecular weight is 144 g/mol. The molecule has 0 bridgehead atoms. The molecule has 1 aliphatic carbocycles. The van der Waals surface area contributed by atoms with Crippen LogP contribution in [-0.2, 0) is 9.47 Å². The Balaban J connectivity index is 2.51. The van der Waals surface area contributed by atoms with E-state index in [9.17, 15) is 0 Å². The maximum Gasteiger partial charge on any atom is 0.167 e. The number of ether oxygens (including phenoxy) is 2. The quantitative estimate of drug-likeness (QED) is 0.550. The van der Waals surface area contributed by atoms with Gasteiger partial charge in [-0.2, -0.15) is 0 Å². The van der Waals surface area contributed by atoms with Crippen molar-refractivity contribution in [2.75, 3.05) is 14.2 Å². The van der Waals surface area contributed by atoms with Crippen LogP contribution in [-0.4, -0.2) is 20.0 Å². The molecule has 0 aromatic rings. The van der Waals surface area contributed by atoms with Crippen molar-refractivity contribution in [2.24, 2.45) is 5.92 Å².